The maximum atomic E-state index is 12.0. The summed E-state index contributed by atoms with van der Waals surface area (Å²) >= 11 is 7.42. The largest absolute Gasteiger partial charge is 0.343 e. The highest BCUT2D eigenvalue weighted by atomic mass is 35.5. The minimum atomic E-state index is -0.150. The fraction of sp³-hybridized carbons (Fsp3) is 0.214. The van der Waals surface area contributed by atoms with Gasteiger partial charge < -0.3 is 5.32 Å². The number of benzene rings is 1. The van der Waals surface area contributed by atoms with Gasteiger partial charge in [-0.1, -0.05) is 30.3 Å². The third-order valence-corrected chi connectivity index (χ3v) is 3.93. The number of rotatable bonds is 4. The average Bonchev–Trinajstić information content (AvgIpc) is 2.83. The van der Waals surface area contributed by atoms with E-state index in [-0.39, 0.29) is 11.9 Å². The van der Waals surface area contributed by atoms with Gasteiger partial charge >= 0.3 is 0 Å². The lowest BCUT2D eigenvalue weighted by molar-refractivity contribution is 0.0944. The van der Waals surface area contributed by atoms with Crippen molar-refractivity contribution in [2.75, 3.05) is 5.88 Å². The molecule has 1 aromatic carbocycles. The summed E-state index contributed by atoms with van der Waals surface area (Å²) < 4.78 is 0. The smallest absolute Gasteiger partial charge is 0.261 e. The van der Waals surface area contributed by atoms with Crippen molar-refractivity contribution < 1.29 is 4.79 Å². The van der Waals surface area contributed by atoms with Gasteiger partial charge in [0.1, 0.15) is 0 Å². The van der Waals surface area contributed by atoms with Crippen LogP contribution in [0.25, 0.3) is 0 Å². The van der Waals surface area contributed by atoms with E-state index in [1.807, 2.05) is 49.4 Å². The third kappa shape index (κ3) is 3.12. The molecule has 0 fully saturated rings. The summed E-state index contributed by atoms with van der Waals surface area (Å²) in [5, 5.41) is 2.95. The molecule has 1 amide bonds. The van der Waals surface area contributed by atoms with Crippen LogP contribution in [0.2, 0.25) is 0 Å². The molecule has 1 aromatic heterocycles. The van der Waals surface area contributed by atoms with Crippen molar-refractivity contribution in [2.45, 2.75) is 13.0 Å². The van der Waals surface area contributed by atoms with Crippen molar-refractivity contribution in [3.63, 3.8) is 0 Å². The van der Waals surface area contributed by atoms with Gasteiger partial charge in [0.2, 0.25) is 0 Å². The van der Waals surface area contributed by atoms with Crippen LogP contribution in [0.3, 0.4) is 0 Å². The Labute approximate surface area is 116 Å². The fourth-order valence-electron chi connectivity index (χ4n) is 1.68. The highest BCUT2D eigenvalue weighted by Gasteiger charge is 2.15. The van der Waals surface area contributed by atoms with Crippen LogP contribution >= 0.6 is 22.9 Å². The molecule has 4 heteroatoms. The molecule has 1 heterocycles. The van der Waals surface area contributed by atoms with Crippen molar-refractivity contribution >= 4 is 28.8 Å². The molecule has 18 heavy (non-hydrogen) atoms. The van der Waals surface area contributed by atoms with E-state index >= 15 is 0 Å². The van der Waals surface area contributed by atoms with Gasteiger partial charge in [-0.15, -0.1) is 22.9 Å². The van der Waals surface area contributed by atoms with Crippen molar-refractivity contribution in [3.8, 4) is 0 Å². The first-order chi connectivity index (χ1) is 8.70. The van der Waals surface area contributed by atoms with Gasteiger partial charge in [-0.25, -0.2) is 0 Å². The zero-order chi connectivity index (χ0) is 13.0. The Bertz CT molecular complexity index is 524. The third-order valence-electron chi connectivity index (χ3n) is 2.63. The van der Waals surface area contributed by atoms with Crippen LogP contribution < -0.4 is 5.32 Å². The maximum absolute atomic E-state index is 12.0. The minimum Gasteiger partial charge on any atom is -0.343 e. The zero-order valence-corrected chi connectivity index (χ0v) is 11.6. The topological polar surface area (TPSA) is 29.1 Å². The van der Waals surface area contributed by atoms with Crippen molar-refractivity contribution in [3.05, 3.63) is 57.8 Å². The fourth-order valence-corrected chi connectivity index (χ4v) is 2.71. The Kier molecular flexibility index (Phi) is 4.39. The van der Waals surface area contributed by atoms with Gasteiger partial charge in [0.25, 0.3) is 5.91 Å². The molecule has 0 spiro atoms. The van der Waals surface area contributed by atoms with E-state index in [2.05, 4.69) is 5.32 Å². The predicted molar refractivity (Wildman–Crippen MR) is 76.4 cm³/mol. The molecule has 0 radical (unpaired) electrons. The quantitative estimate of drug-likeness (QED) is 0.848. The molecular formula is C14H14ClNOS. The van der Waals surface area contributed by atoms with E-state index in [1.165, 1.54) is 11.3 Å². The van der Waals surface area contributed by atoms with E-state index in [4.69, 9.17) is 11.6 Å². The van der Waals surface area contributed by atoms with E-state index in [1.54, 1.807) is 0 Å². The van der Waals surface area contributed by atoms with Gasteiger partial charge in [-0.3, -0.25) is 4.79 Å². The lowest BCUT2D eigenvalue weighted by Gasteiger charge is -2.15. The van der Waals surface area contributed by atoms with Crippen LogP contribution in [0.15, 0.2) is 42.5 Å². The normalized spacial score (nSPS) is 12.1. The van der Waals surface area contributed by atoms with Gasteiger partial charge in [0.15, 0.2) is 0 Å². The van der Waals surface area contributed by atoms with Gasteiger partial charge in [0, 0.05) is 10.8 Å². The maximum Gasteiger partial charge on any atom is 0.261 e. The van der Waals surface area contributed by atoms with E-state index in [0.29, 0.717) is 5.88 Å². The van der Waals surface area contributed by atoms with E-state index in [0.717, 1.165) is 15.3 Å². The standard InChI is InChI=1S/C14H14ClNOS/c1-10-7-8-13(18-10)14(17)16-12(9-15)11-5-3-2-4-6-11/h2-8,12H,9H2,1H3,(H,16,17). The first kappa shape index (κ1) is 13.1. The highest BCUT2D eigenvalue weighted by Crippen LogP contribution is 2.18. The zero-order valence-electron chi connectivity index (χ0n) is 10.0. The Morgan fingerprint density at radius 1 is 1.28 bits per heavy atom. The number of alkyl halides is 1. The van der Waals surface area contributed by atoms with Crippen molar-refractivity contribution in [1.82, 2.24) is 5.32 Å². The first-order valence-corrected chi connectivity index (χ1v) is 7.04. The molecule has 1 unspecified atom stereocenters. The lowest BCUT2D eigenvalue weighted by Crippen LogP contribution is -2.28. The van der Waals surface area contributed by atoms with Crippen molar-refractivity contribution in [1.29, 1.82) is 0 Å². The first-order valence-electron chi connectivity index (χ1n) is 5.69. The second-order valence-corrected chi connectivity index (χ2v) is 5.60. The van der Waals surface area contributed by atoms with Crippen LogP contribution in [0.1, 0.15) is 26.2 Å². The van der Waals surface area contributed by atoms with E-state index < -0.39 is 0 Å². The number of aryl methyl sites for hydroxylation is 1. The summed E-state index contributed by atoms with van der Waals surface area (Å²) in [6.07, 6.45) is 0. The molecule has 1 N–H and O–H groups in total. The number of halogens is 1. The van der Waals surface area contributed by atoms with Crippen LogP contribution in [0.5, 0.6) is 0 Å². The molecule has 2 aromatic rings. The average molecular weight is 280 g/mol. The number of carbonyl (C=O) groups is 1. The molecule has 0 aliphatic heterocycles. The Morgan fingerprint density at radius 3 is 2.56 bits per heavy atom. The molecule has 94 valence electrons. The van der Waals surface area contributed by atoms with Crippen molar-refractivity contribution in [2.24, 2.45) is 0 Å². The number of thiophene rings is 1. The SMILES string of the molecule is Cc1ccc(C(=O)NC(CCl)c2ccccc2)s1. The highest BCUT2D eigenvalue weighted by molar-refractivity contribution is 7.13. The molecule has 0 saturated heterocycles. The molecule has 0 aliphatic carbocycles. The number of nitrogens with one attached hydrogen (secondary N) is 1. The Hall–Kier alpha value is -1.32. The van der Waals surface area contributed by atoms with Gasteiger partial charge in [-0.2, -0.15) is 0 Å². The summed E-state index contributed by atoms with van der Waals surface area (Å²) in [5.41, 5.74) is 1.02. The molecule has 0 saturated carbocycles. The van der Waals surface area contributed by atoms with Gasteiger partial charge in [0.05, 0.1) is 10.9 Å². The van der Waals surface area contributed by atoms with Crippen LogP contribution in [0.4, 0.5) is 0 Å². The Morgan fingerprint density at radius 2 is 2.00 bits per heavy atom. The summed E-state index contributed by atoms with van der Waals surface area (Å²) in [6.45, 7) is 1.98. The lowest BCUT2D eigenvalue weighted by atomic mass is 10.1. The molecule has 2 rings (SSSR count). The summed E-state index contributed by atoms with van der Waals surface area (Å²) in [5.74, 6) is 0.294. The predicted octanol–water partition coefficient (Wildman–Crippen LogP) is 3.77. The van der Waals surface area contributed by atoms with Crippen LogP contribution in [0, 0.1) is 6.92 Å². The summed E-state index contributed by atoms with van der Waals surface area (Å²) in [6, 6.07) is 13.4. The molecule has 0 aliphatic rings. The molecule has 1 atom stereocenters. The second kappa shape index (κ2) is 6.03. The summed E-state index contributed by atoms with van der Waals surface area (Å²) in [7, 11) is 0. The number of carbonyl (C=O) groups excluding carboxylic acids is 1. The van der Waals surface area contributed by atoms with Crippen LogP contribution in [-0.4, -0.2) is 11.8 Å². The van der Waals surface area contributed by atoms with E-state index in [9.17, 15) is 4.79 Å². The molecule has 0 bridgehead atoms. The minimum absolute atomic E-state index is 0.0670. The molecular weight excluding hydrogens is 266 g/mol. The number of amides is 1. The monoisotopic (exact) mass is 279 g/mol. The number of hydrogen-bond donors (Lipinski definition) is 1. The second-order valence-electron chi connectivity index (χ2n) is 4.00. The Balaban J connectivity index is 2.10. The number of hydrogen-bond acceptors (Lipinski definition) is 2. The van der Waals surface area contributed by atoms with Gasteiger partial charge in [-0.05, 0) is 24.6 Å². The molecule has 2 nitrogen and oxygen atoms in total. The summed E-state index contributed by atoms with van der Waals surface area (Å²) in [4.78, 5) is 13.9. The van der Waals surface area contributed by atoms with Crippen LogP contribution in [-0.2, 0) is 0 Å².